The van der Waals surface area contributed by atoms with E-state index >= 15 is 0 Å². The van der Waals surface area contributed by atoms with Crippen LogP contribution in [0.1, 0.15) is 24.5 Å². The fraction of sp³-hybridized carbons (Fsp3) is 0.400. The molecule has 0 spiro atoms. The van der Waals surface area contributed by atoms with Crippen LogP contribution in [0.4, 0.5) is 4.39 Å². The zero-order valence-corrected chi connectivity index (χ0v) is 14.1. The van der Waals surface area contributed by atoms with Crippen LogP contribution in [-0.4, -0.2) is 31.6 Å². The average Bonchev–Trinajstić information content (AvgIpc) is 2.59. The maximum atomic E-state index is 13.5. The number of benzene rings is 2. The number of ether oxygens (including phenoxy) is 1. The first-order valence-corrected chi connectivity index (χ1v) is 8.31. The molecule has 0 saturated carbocycles. The molecule has 0 aliphatic carbocycles. The molecule has 0 amide bonds. The van der Waals surface area contributed by atoms with Gasteiger partial charge in [-0.25, -0.2) is 4.39 Å². The number of methoxy groups -OCH3 is 1. The van der Waals surface area contributed by atoms with Gasteiger partial charge in [-0.1, -0.05) is 43.3 Å². The number of halogens is 1. The third-order valence-corrected chi connectivity index (χ3v) is 4.03. The minimum absolute atomic E-state index is 0.300. The van der Waals surface area contributed by atoms with Crippen molar-refractivity contribution in [1.82, 2.24) is 4.90 Å². The summed E-state index contributed by atoms with van der Waals surface area (Å²) in [7, 11) is 1.51. The fourth-order valence-electron chi connectivity index (χ4n) is 2.73. The molecule has 0 fully saturated rings. The molecule has 0 bridgehead atoms. The second kappa shape index (κ2) is 9.31. The van der Waals surface area contributed by atoms with Crippen LogP contribution in [0.25, 0.3) is 0 Å². The molecule has 3 heteroatoms. The van der Waals surface area contributed by atoms with Gasteiger partial charge >= 0.3 is 0 Å². The molecule has 2 aromatic carbocycles. The van der Waals surface area contributed by atoms with Crippen molar-refractivity contribution in [3.8, 4) is 5.75 Å². The lowest BCUT2D eigenvalue weighted by Gasteiger charge is -2.22. The molecule has 0 unspecified atom stereocenters. The van der Waals surface area contributed by atoms with Gasteiger partial charge in [0.25, 0.3) is 0 Å². The van der Waals surface area contributed by atoms with Crippen LogP contribution >= 0.6 is 0 Å². The van der Waals surface area contributed by atoms with E-state index in [0.717, 1.165) is 44.5 Å². The van der Waals surface area contributed by atoms with Crippen LogP contribution in [0.15, 0.2) is 48.5 Å². The Morgan fingerprint density at radius 1 is 0.913 bits per heavy atom. The van der Waals surface area contributed by atoms with Gasteiger partial charge in [0.05, 0.1) is 7.11 Å². The van der Waals surface area contributed by atoms with E-state index in [4.69, 9.17) is 4.74 Å². The second-order valence-electron chi connectivity index (χ2n) is 5.80. The van der Waals surface area contributed by atoms with Crippen molar-refractivity contribution in [2.24, 2.45) is 0 Å². The van der Waals surface area contributed by atoms with Crippen LogP contribution in [-0.2, 0) is 12.8 Å². The van der Waals surface area contributed by atoms with E-state index in [-0.39, 0.29) is 5.82 Å². The highest BCUT2D eigenvalue weighted by Gasteiger charge is 2.07. The number of rotatable bonds is 9. The maximum absolute atomic E-state index is 13.5. The summed E-state index contributed by atoms with van der Waals surface area (Å²) < 4.78 is 18.5. The molecule has 0 saturated heterocycles. The van der Waals surface area contributed by atoms with Crippen LogP contribution in [0.5, 0.6) is 5.75 Å². The number of hydrogen-bond donors (Lipinski definition) is 0. The highest BCUT2D eigenvalue weighted by molar-refractivity contribution is 5.30. The van der Waals surface area contributed by atoms with Gasteiger partial charge in [0, 0.05) is 13.1 Å². The second-order valence-corrected chi connectivity index (χ2v) is 5.80. The van der Waals surface area contributed by atoms with Crippen LogP contribution in [0.3, 0.4) is 0 Å². The SMILES string of the molecule is CCCN(CCc1ccccc1)CCc1ccc(F)c(OC)c1. The summed E-state index contributed by atoms with van der Waals surface area (Å²) in [4.78, 5) is 2.48. The van der Waals surface area contributed by atoms with Gasteiger partial charge in [-0.2, -0.15) is 0 Å². The monoisotopic (exact) mass is 315 g/mol. The third-order valence-electron chi connectivity index (χ3n) is 4.03. The van der Waals surface area contributed by atoms with Crippen molar-refractivity contribution >= 4 is 0 Å². The molecule has 0 aliphatic rings. The van der Waals surface area contributed by atoms with Crippen LogP contribution in [0, 0.1) is 5.82 Å². The lowest BCUT2D eigenvalue weighted by Crippen LogP contribution is -2.29. The molecule has 2 aromatic rings. The van der Waals surface area contributed by atoms with Gasteiger partial charge in [-0.05, 0) is 49.1 Å². The first-order valence-electron chi connectivity index (χ1n) is 8.31. The number of nitrogens with zero attached hydrogens (tertiary/aromatic N) is 1. The fourth-order valence-corrected chi connectivity index (χ4v) is 2.73. The van der Waals surface area contributed by atoms with Crippen molar-refractivity contribution < 1.29 is 9.13 Å². The standard InChI is InChI=1S/C20H26FNO/c1-3-13-22(14-11-17-7-5-4-6-8-17)15-12-18-9-10-19(21)20(16-18)23-2/h4-10,16H,3,11-15H2,1-2H3. The van der Waals surface area contributed by atoms with E-state index in [2.05, 4.69) is 42.2 Å². The van der Waals surface area contributed by atoms with E-state index in [9.17, 15) is 4.39 Å². The van der Waals surface area contributed by atoms with E-state index < -0.39 is 0 Å². The smallest absolute Gasteiger partial charge is 0.165 e. The Morgan fingerprint density at radius 2 is 1.61 bits per heavy atom. The van der Waals surface area contributed by atoms with Crippen LogP contribution in [0.2, 0.25) is 0 Å². The summed E-state index contributed by atoms with van der Waals surface area (Å²) in [5.74, 6) is 0.0274. The summed E-state index contributed by atoms with van der Waals surface area (Å²) in [6, 6.07) is 15.7. The lowest BCUT2D eigenvalue weighted by atomic mass is 10.1. The van der Waals surface area contributed by atoms with E-state index in [1.54, 1.807) is 6.07 Å². The first kappa shape index (κ1) is 17.5. The molecule has 0 N–H and O–H groups in total. The highest BCUT2D eigenvalue weighted by Crippen LogP contribution is 2.18. The average molecular weight is 315 g/mol. The predicted molar refractivity (Wildman–Crippen MR) is 93.5 cm³/mol. The lowest BCUT2D eigenvalue weighted by molar-refractivity contribution is 0.281. The summed E-state index contributed by atoms with van der Waals surface area (Å²) in [5, 5.41) is 0. The molecule has 0 radical (unpaired) electrons. The minimum atomic E-state index is -0.300. The molecular weight excluding hydrogens is 289 g/mol. The molecule has 0 atom stereocenters. The largest absolute Gasteiger partial charge is 0.494 e. The van der Waals surface area contributed by atoms with Crippen molar-refractivity contribution in [3.05, 3.63) is 65.5 Å². The first-order chi connectivity index (χ1) is 11.2. The summed E-state index contributed by atoms with van der Waals surface area (Å²) in [5.41, 5.74) is 2.49. The topological polar surface area (TPSA) is 12.5 Å². The Hall–Kier alpha value is -1.87. The zero-order chi connectivity index (χ0) is 16.5. The summed E-state index contributed by atoms with van der Waals surface area (Å²) >= 11 is 0. The Morgan fingerprint density at radius 3 is 2.26 bits per heavy atom. The van der Waals surface area contributed by atoms with Gasteiger partial charge in [0.1, 0.15) is 0 Å². The van der Waals surface area contributed by atoms with Crippen molar-refractivity contribution in [1.29, 1.82) is 0 Å². The maximum Gasteiger partial charge on any atom is 0.165 e. The molecule has 2 nitrogen and oxygen atoms in total. The predicted octanol–water partition coefficient (Wildman–Crippen LogP) is 4.33. The van der Waals surface area contributed by atoms with Crippen LogP contribution < -0.4 is 4.74 Å². The quantitative estimate of drug-likeness (QED) is 0.683. The van der Waals surface area contributed by atoms with Gasteiger partial charge in [-0.3, -0.25) is 0 Å². The molecule has 0 heterocycles. The molecule has 0 aromatic heterocycles. The Labute approximate surface area is 138 Å². The molecular formula is C20H26FNO. The Kier molecular flexibility index (Phi) is 7.08. The van der Waals surface area contributed by atoms with Gasteiger partial charge in [0.15, 0.2) is 11.6 Å². The normalized spacial score (nSPS) is 11.0. The zero-order valence-electron chi connectivity index (χ0n) is 14.1. The molecule has 23 heavy (non-hydrogen) atoms. The Bertz CT molecular complexity index is 585. The van der Waals surface area contributed by atoms with E-state index in [0.29, 0.717) is 5.75 Å². The summed E-state index contributed by atoms with van der Waals surface area (Å²) in [6.07, 6.45) is 3.11. The van der Waals surface area contributed by atoms with Crippen molar-refractivity contribution in [3.63, 3.8) is 0 Å². The third kappa shape index (κ3) is 5.68. The van der Waals surface area contributed by atoms with Crippen molar-refractivity contribution in [2.45, 2.75) is 26.2 Å². The molecule has 2 rings (SSSR count). The Balaban J connectivity index is 1.89. The number of hydrogen-bond acceptors (Lipinski definition) is 2. The van der Waals surface area contributed by atoms with Gasteiger partial charge in [0.2, 0.25) is 0 Å². The highest BCUT2D eigenvalue weighted by atomic mass is 19.1. The van der Waals surface area contributed by atoms with Crippen molar-refractivity contribution in [2.75, 3.05) is 26.7 Å². The van der Waals surface area contributed by atoms with E-state index in [1.165, 1.54) is 18.7 Å². The minimum Gasteiger partial charge on any atom is -0.494 e. The molecule has 124 valence electrons. The van der Waals surface area contributed by atoms with Gasteiger partial charge in [-0.15, -0.1) is 0 Å². The summed E-state index contributed by atoms with van der Waals surface area (Å²) in [6.45, 7) is 5.33. The molecule has 0 aliphatic heterocycles. The van der Waals surface area contributed by atoms with E-state index in [1.807, 2.05) is 6.07 Å². The van der Waals surface area contributed by atoms with Gasteiger partial charge < -0.3 is 9.64 Å².